The minimum Gasteiger partial charge on any atom is -0.481 e. The first kappa shape index (κ1) is 15.6. The molecule has 23 heavy (non-hydrogen) atoms. The molecule has 8 atom stereocenters. The third-order valence-electron chi connectivity index (χ3n) is 8.26. The minimum atomic E-state index is -0.734. The lowest BCUT2D eigenvalue weighted by Gasteiger charge is -2.61. The molecule has 0 saturated heterocycles. The van der Waals surface area contributed by atoms with E-state index in [1.165, 1.54) is 6.29 Å². The largest absolute Gasteiger partial charge is 0.481 e. The van der Waals surface area contributed by atoms with E-state index in [1.807, 2.05) is 0 Å². The zero-order valence-corrected chi connectivity index (χ0v) is 13.9. The highest BCUT2D eigenvalue weighted by atomic mass is 16.4. The second-order valence-electron chi connectivity index (χ2n) is 9.15. The molecule has 4 aliphatic rings. The average molecular weight is 320 g/mol. The number of carbonyl (C=O) groups excluding carboxylic acids is 1. The summed E-state index contributed by atoms with van der Waals surface area (Å²) in [7, 11) is 0. The molecule has 4 aliphatic carbocycles. The summed E-state index contributed by atoms with van der Waals surface area (Å²) in [5, 5.41) is 20.0. The van der Waals surface area contributed by atoms with Gasteiger partial charge in [0, 0.05) is 5.92 Å². The van der Waals surface area contributed by atoms with Gasteiger partial charge >= 0.3 is 5.97 Å². The van der Waals surface area contributed by atoms with Crippen LogP contribution in [0.2, 0.25) is 0 Å². The van der Waals surface area contributed by atoms with Crippen LogP contribution in [0.5, 0.6) is 0 Å². The molecule has 0 aromatic rings. The number of carboxylic acid groups (broad SMARTS) is 1. The molecule has 4 nitrogen and oxygen atoms in total. The van der Waals surface area contributed by atoms with Crippen LogP contribution >= 0.6 is 0 Å². The van der Waals surface area contributed by atoms with E-state index in [0.29, 0.717) is 18.3 Å². The number of aliphatic hydroxyl groups is 1. The lowest BCUT2D eigenvalue weighted by atomic mass is 9.43. The van der Waals surface area contributed by atoms with Crippen molar-refractivity contribution in [1.29, 1.82) is 0 Å². The first-order valence-corrected chi connectivity index (χ1v) is 9.26. The number of carboxylic acids is 1. The predicted molar refractivity (Wildman–Crippen MR) is 84.6 cm³/mol. The highest BCUT2D eigenvalue weighted by Gasteiger charge is 2.64. The zero-order chi connectivity index (χ0) is 16.4. The van der Waals surface area contributed by atoms with Crippen LogP contribution in [0.1, 0.15) is 58.3 Å². The molecule has 0 heterocycles. The van der Waals surface area contributed by atoms with E-state index in [2.05, 4.69) is 6.92 Å². The fourth-order valence-corrected chi connectivity index (χ4v) is 7.55. The zero-order valence-electron chi connectivity index (χ0n) is 13.9. The van der Waals surface area contributed by atoms with Gasteiger partial charge in [0.15, 0.2) is 0 Å². The van der Waals surface area contributed by atoms with E-state index in [9.17, 15) is 19.8 Å². The number of hydrogen-bond acceptors (Lipinski definition) is 3. The molecule has 0 radical (unpaired) electrons. The molecule has 4 heteroatoms. The van der Waals surface area contributed by atoms with Crippen molar-refractivity contribution in [3.8, 4) is 0 Å². The van der Waals surface area contributed by atoms with Gasteiger partial charge in [-0.3, -0.25) is 4.79 Å². The third kappa shape index (κ3) is 2.06. The third-order valence-corrected chi connectivity index (χ3v) is 8.26. The summed E-state index contributed by atoms with van der Waals surface area (Å²) < 4.78 is 0. The topological polar surface area (TPSA) is 74.6 Å². The van der Waals surface area contributed by atoms with Crippen LogP contribution in [0.15, 0.2) is 0 Å². The van der Waals surface area contributed by atoms with E-state index in [-0.39, 0.29) is 22.7 Å². The second-order valence-corrected chi connectivity index (χ2v) is 9.15. The Hall–Kier alpha value is -0.900. The fraction of sp³-hybridized carbons (Fsp3) is 0.895. The number of fused-ring (bicyclic) bond motifs is 3. The van der Waals surface area contributed by atoms with Crippen LogP contribution in [0.4, 0.5) is 0 Å². The van der Waals surface area contributed by atoms with Gasteiger partial charge in [0.25, 0.3) is 0 Å². The Bertz CT molecular complexity index is 531. The van der Waals surface area contributed by atoms with Gasteiger partial charge in [0.1, 0.15) is 6.29 Å². The first-order valence-electron chi connectivity index (χ1n) is 9.26. The summed E-state index contributed by atoms with van der Waals surface area (Å²) in [6.07, 6.45) is 8.24. The predicted octanol–water partition coefficient (Wildman–Crippen LogP) is 2.88. The summed E-state index contributed by atoms with van der Waals surface area (Å²) in [4.78, 5) is 23.2. The van der Waals surface area contributed by atoms with Crippen LogP contribution in [-0.4, -0.2) is 28.6 Å². The summed E-state index contributed by atoms with van der Waals surface area (Å²) in [5.74, 6) is 0.290. The minimum absolute atomic E-state index is 0.0816. The number of aldehydes is 1. The highest BCUT2D eigenvalue weighted by molar-refractivity contribution is 5.71. The summed E-state index contributed by atoms with van der Waals surface area (Å²) in [5.41, 5.74) is 0.154. The van der Waals surface area contributed by atoms with Gasteiger partial charge in [-0.25, -0.2) is 0 Å². The van der Waals surface area contributed by atoms with Crippen LogP contribution in [0.3, 0.4) is 0 Å². The molecular weight excluding hydrogens is 292 g/mol. The van der Waals surface area contributed by atoms with Gasteiger partial charge in [-0.1, -0.05) is 6.92 Å². The van der Waals surface area contributed by atoms with Crippen LogP contribution < -0.4 is 0 Å². The van der Waals surface area contributed by atoms with Crippen molar-refractivity contribution in [3.05, 3.63) is 0 Å². The molecule has 1 unspecified atom stereocenters. The normalized spacial score (nSPS) is 54.9. The number of hydrogen-bond donors (Lipinski definition) is 2. The monoisotopic (exact) mass is 320 g/mol. The summed E-state index contributed by atoms with van der Waals surface area (Å²) in [6, 6.07) is 0. The smallest absolute Gasteiger partial charge is 0.306 e. The molecule has 128 valence electrons. The molecule has 0 amide bonds. The lowest BCUT2D eigenvalue weighted by molar-refractivity contribution is -0.173. The standard InChI is InChI=1S/C19H28O4/c1-18-9-13(21)6-14(17(22)23)15(18)4-5-19-7-11(2-3-16(18)19)12(8-19)10-20/h10-16,21H,2-9H2,1H3,(H,22,23)/t11-,12-,13+,14+,15+,16-,18+,19?/m0/s1. The van der Waals surface area contributed by atoms with E-state index < -0.39 is 18.0 Å². The first-order chi connectivity index (χ1) is 10.9. The van der Waals surface area contributed by atoms with Gasteiger partial charge in [0.2, 0.25) is 0 Å². The van der Waals surface area contributed by atoms with Crippen LogP contribution in [0.25, 0.3) is 0 Å². The van der Waals surface area contributed by atoms with E-state index in [0.717, 1.165) is 44.9 Å². The molecule has 0 aromatic carbocycles. The van der Waals surface area contributed by atoms with Crippen LogP contribution in [0, 0.1) is 40.4 Å². The molecule has 4 saturated carbocycles. The molecule has 4 rings (SSSR count). The number of aliphatic carboxylic acids is 1. The maximum absolute atomic E-state index is 11.8. The van der Waals surface area contributed by atoms with Gasteiger partial charge < -0.3 is 15.0 Å². The molecule has 2 N–H and O–H groups in total. The van der Waals surface area contributed by atoms with E-state index in [4.69, 9.17) is 0 Å². The van der Waals surface area contributed by atoms with Crippen LogP contribution in [-0.2, 0) is 9.59 Å². The molecule has 0 aliphatic heterocycles. The van der Waals surface area contributed by atoms with Gasteiger partial charge in [-0.15, -0.1) is 0 Å². The summed E-state index contributed by atoms with van der Waals surface area (Å²) >= 11 is 0. The maximum atomic E-state index is 11.8. The molecule has 4 fully saturated rings. The van der Waals surface area contributed by atoms with Crippen molar-refractivity contribution in [2.75, 3.05) is 0 Å². The van der Waals surface area contributed by atoms with Crippen molar-refractivity contribution in [1.82, 2.24) is 0 Å². The Labute approximate surface area is 137 Å². The van der Waals surface area contributed by atoms with Gasteiger partial charge in [-0.2, -0.15) is 0 Å². The molecule has 1 spiro atoms. The Morgan fingerprint density at radius 1 is 1.17 bits per heavy atom. The number of aliphatic hydroxyl groups excluding tert-OH is 1. The molecule has 0 aromatic heterocycles. The Morgan fingerprint density at radius 3 is 2.65 bits per heavy atom. The van der Waals surface area contributed by atoms with Crippen molar-refractivity contribution < 1.29 is 19.8 Å². The van der Waals surface area contributed by atoms with Gasteiger partial charge in [0.05, 0.1) is 12.0 Å². The summed E-state index contributed by atoms with van der Waals surface area (Å²) in [6.45, 7) is 2.25. The number of carbonyl (C=O) groups is 2. The van der Waals surface area contributed by atoms with Gasteiger partial charge in [-0.05, 0) is 80.0 Å². The Kier molecular flexibility index (Phi) is 3.43. The molecule has 2 bridgehead atoms. The SMILES string of the molecule is C[C@@]12C[C@H](O)C[C@@H](C(=O)O)[C@H]1CCC13C[C@H](CC[C@H]12)[C@H](C=O)C3. The quantitative estimate of drug-likeness (QED) is 0.767. The highest BCUT2D eigenvalue weighted by Crippen LogP contribution is 2.70. The van der Waals surface area contributed by atoms with Crippen molar-refractivity contribution in [2.24, 2.45) is 40.4 Å². The van der Waals surface area contributed by atoms with Crippen molar-refractivity contribution >= 4 is 12.3 Å². The average Bonchev–Trinajstić information content (AvgIpc) is 2.76. The van der Waals surface area contributed by atoms with Crippen molar-refractivity contribution in [2.45, 2.75) is 64.4 Å². The lowest BCUT2D eigenvalue weighted by Crippen LogP contribution is -2.57. The van der Waals surface area contributed by atoms with Crippen molar-refractivity contribution in [3.63, 3.8) is 0 Å². The fourth-order valence-electron chi connectivity index (χ4n) is 7.55. The number of rotatable bonds is 2. The Morgan fingerprint density at radius 2 is 1.96 bits per heavy atom. The Balaban J connectivity index is 1.71. The second kappa shape index (κ2) is 5.05. The van der Waals surface area contributed by atoms with E-state index >= 15 is 0 Å². The maximum Gasteiger partial charge on any atom is 0.306 e. The van der Waals surface area contributed by atoms with E-state index in [1.54, 1.807) is 0 Å². The molecular formula is C19H28O4.